The van der Waals surface area contributed by atoms with E-state index >= 15 is 0 Å². The molecule has 2 aromatic carbocycles. The molecule has 4 nitrogen and oxygen atoms in total. The molecule has 2 aromatic rings. The standard InChI is InChI=1S/C19H17ClFNO3/c1-12-7-9-15(20)11-17(12)22-19(24)13(2)25-18(23)10-8-14-5-3-4-6-16(14)21/h3-11,13H,1-2H3,(H,22,24)/b10-8+/t13-/m1/s1. The highest BCUT2D eigenvalue weighted by Crippen LogP contribution is 2.20. The van der Waals surface area contributed by atoms with Gasteiger partial charge in [-0.3, -0.25) is 4.79 Å². The van der Waals surface area contributed by atoms with E-state index in [1.807, 2.05) is 6.92 Å². The van der Waals surface area contributed by atoms with Crippen molar-refractivity contribution in [1.82, 2.24) is 0 Å². The summed E-state index contributed by atoms with van der Waals surface area (Å²) in [6.07, 6.45) is 1.35. The average molecular weight is 362 g/mol. The lowest BCUT2D eigenvalue weighted by atomic mass is 10.2. The Morgan fingerprint density at radius 3 is 2.68 bits per heavy atom. The third-order valence-electron chi connectivity index (χ3n) is 3.42. The zero-order valence-electron chi connectivity index (χ0n) is 13.8. The van der Waals surface area contributed by atoms with Crippen molar-refractivity contribution in [2.45, 2.75) is 20.0 Å². The quantitative estimate of drug-likeness (QED) is 0.635. The maximum atomic E-state index is 13.5. The molecule has 0 saturated heterocycles. The van der Waals surface area contributed by atoms with Gasteiger partial charge in [-0.15, -0.1) is 0 Å². The zero-order chi connectivity index (χ0) is 18.4. The molecule has 2 rings (SSSR count). The Hall–Kier alpha value is -2.66. The summed E-state index contributed by atoms with van der Waals surface area (Å²) >= 11 is 5.90. The molecule has 0 saturated carbocycles. The second-order valence-electron chi connectivity index (χ2n) is 5.38. The number of rotatable bonds is 5. The van der Waals surface area contributed by atoms with Gasteiger partial charge in [0.05, 0.1) is 0 Å². The van der Waals surface area contributed by atoms with Crippen molar-refractivity contribution in [3.63, 3.8) is 0 Å². The Labute approximate surface area is 150 Å². The number of carbonyl (C=O) groups excluding carboxylic acids is 2. The normalized spacial score (nSPS) is 12.0. The van der Waals surface area contributed by atoms with Crippen molar-refractivity contribution < 1.29 is 18.7 Å². The molecule has 1 N–H and O–H groups in total. The van der Waals surface area contributed by atoms with E-state index in [9.17, 15) is 14.0 Å². The molecule has 0 aliphatic heterocycles. The summed E-state index contributed by atoms with van der Waals surface area (Å²) < 4.78 is 18.5. The number of aryl methyl sites for hydroxylation is 1. The van der Waals surface area contributed by atoms with Crippen LogP contribution in [0.4, 0.5) is 10.1 Å². The summed E-state index contributed by atoms with van der Waals surface area (Å²) in [6, 6.07) is 11.1. The third kappa shape index (κ3) is 5.43. The van der Waals surface area contributed by atoms with Gasteiger partial charge in [-0.25, -0.2) is 9.18 Å². The van der Waals surface area contributed by atoms with Crippen LogP contribution in [0.2, 0.25) is 5.02 Å². The fourth-order valence-electron chi connectivity index (χ4n) is 2.00. The lowest BCUT2D eigenvalue weighted by molar-refractivity contribution is -0.148. The fraction of sp³-hybridized carbons (Fsp3) is 0.158. The molecular weight excluding hydrogens is 345 g/mol. The summed E-state index contributed by atoms with van der Waals surface area (Å²) in [7, 11) is 0. The first kappa shape index (κ1) is 18.7. The molecular formula is C19H17ClFNO3. The zero-order valence-corrected chi connectivity index (χ0v) is 14.5. The minimum atomic E-state index is -1.02. The van der Waals surface area contributed by atoms with Crippen molar-refractivity contribution >= 4 is 35.2 Å². The van der Waals surface area contributed by atoms with Crippen LogP contribution in [0, 0.1) is 12.7 Å². The molecule has 0 spiro atoms. The predicted octanol–water partition coefficient (Wildman–Crippen LogP) is 4.37. The number of nitrogens with one attached hydrogen (secondary N) is 1. The molecule has 0 fully saturated rings. The van der Waals surface area contributed by atoms with E-state index in [-0.39, 0.29) is 5.56 Å². The van der Waals surface area contributed by atoms with Crippen LogP contribution in [-0.2, 0) is 14.3 Å². The van der Waals surface area contributed by atoms with Crippen LogP contribution in [0.25, 0.3) is 6.08 Å². The molecule has 0 aliphatic rings. The molecule has 0 radical (unpaired) electrons. The Morgan fingerprint density at radius 1 is 1.24 bits per heavy atom. The molecule has 0 aromatic heterocycles. The van der Waals surface area contributed by atoms with Crippen molar-refractivity contribution in [2.75, 3.05) is 5.32 Å². The van der Waals surface area contributed by atoms with Crippen molar-refractivity contribution in [3.05, 3.63) is 70.5 Å². The molecule has 6 heteroatoms. The second-order valence-corrected chi connectivity index (χ2v) is 5.82. The lowest BCUT2D eigenvalue weighted by Crippen LogP contribution is -2.29. The monoisotopic (exact) mass is 361 g/mol. The molecule has 1 atom stereocenters. The molecule has 0 aliphatic carbocycles. The largest absolute Gasteiger partial charge is 0.449 e. The van der Waals surface area contributed by atoms with Gasteiger partial charge < -0.3 is 10.1 Å². The number of hydrogen-bond acceptors (Lipinski definition) is 3. The Bertz CT molecular complexity index is 820. The van der Waals surface area contributed by atoms with E-state index in [4.69, 9.17) is 16.3 Å². The van der Waals surface area contributed by atoms with Gasteiger partial charge in [0.15, 0.2) is 6.10 Å². The molecule has 25 heavy (non-hydrogen) atoms. The van der Waals surface area contributed by atoms with Crippen LogP contribution in [0.1, 0.15) is 18.1 Å². The van der Waals surface area contributed by atoms with E-state index in [1.165, 1.54) is 25.1 Å². The van der Waals surface area contributed by atoms with E-state index < -0.39 is 23.8 Å². The van der Waals surface area contributed by atoms with Crippen LogP contribution >= 0.6 is 11.6 Å². The molecule has 0 bridgehead atoms. The van der Waals surface area contributed by atoms with Gasteiger partial charge in [-0.05, 0) is 43.7 Å². The maximum Gasteiger partial charge on any atom is 0.331 e. The smallest absolute Gasteiger partial charge is 0.331 e. The third-order valence-corrected chi connectivity index (χ3v) is 3.66. The number of carbonyl (C=O) groups is 2. The van der Waals surface area contributed by atoms with Crippen molar-refractivity contribution in [1.29, 1.82) is 0 Å². The summed E-state index contributed by atoms with van der Waals surface area (Å²) in [4.78, 5) is 23.9. The van der Waals surface area contributed by atoms with Gasteiger partial charge in [-0.2, -0.15) is 0 Å². The Kier molecular flexibility index (Phi) is 6.31. The summed E-state index contributed by atoms with van der Waals surface area (Å²) in [6.45, 7) is 3.27. The van der Waals surface area contributed by atoms with Crippen LogP contribution in [0.15, 0.2) is 48.5 Å². The molecule has 1 amide bonds. The van der Waals surface area contributed by atoms with Gasteiger partial charge >= 0.3 is 5.97 Å². The van der Waals surface area contributed by atoms with Gasteiger partial charge in [0, 0.05) is 22.3 Å². The first-order chi connectivity index (χ1) is 11.9. The van der Waals surface area contributed by atoms with Gasteiger partial charge in [-0.1, -0.05) is 35.9 Å². The number of amides is 1. The number of esters is 1. The summed E-state index contributed by atoms with van der Waals surface area (Å²) in [5.74, 6) is -1.68. The van der Waals surface area contributed by atoms with Crippen LogP contribution < -0.4 is 5.32 Å². The second kappa shape index (κ2) is 8.44. The van der Waals surface area contributed by atoms with Crippen molar-refractivity contribution in [2.24, 2.45) is 0 Å². The highest BCUT2D eigenvalue weighted by Gasteiger charge is 2.17. The number of halogens is 2. The molecule has 0 heterocycles. The highest BCUT2D eigenvalue weighted by atomic mass is 35.5. The minimum absolute atomic E-state index is 0.256. The number of hydrogen-bond donors (Lipinski definition) is 1. The van der Waals surface area contributed by atoms with Crippen molar-refractivity contribution in [3.8, 4) is 0 Å². The summed E-state index contributed by atoms with van der Waals surface area (Å²) in [5.41, 5.74) is 1.63. The Balaban J connectivity index is 1.95. The number of anilines is 1. The van der Waals surface area contributed by atoms with E-state index in [1.54, 1.807) is 30.3 Å². The minimum Gasteiger partial charge on any atom is -0.449 e. The van der Waals surface area contributed by atoms with E-state index in [2.05, 4.69) is 5.32 Å². The topological polar surface area (TPSA) is 55.4 Å². The predicted molar refractivity (Wildman–Crippen MR) is 95.8 cm³/mol. The molecule has 0 unspecified atom stereocenters. The maximum absolute atomic E-state index is 13.5. The molecule has 130 valence electrons. The van der Waals surface area contributed by atoms with Gasteiger partial charge in [0.2, 0.25) is 0 Å². The van der Waals surface area contributed by atoms with E-state index in [0.717, 1.165) is 11.6 Å². The fourth-order valence-corrected chi connectivity index (χ4v) is 2.17. The van der Waals surface area contributed by atoms with Crippen LogP contribution in [0.5, 0.6) is 0 Å². The first-order valence-electron chi connectivity index (χ1n) is 7.57. The van der Waals surface area contributed by atoms with Gasteiger partial charge in [0.25, 0.3) is 5.91 Å². The van der Waals surface area contributed by atoms with Crippen LogP contribution in [0.3, 0.4) is 0 Å². The lowest BCUT2D eigenvalue weighted by Gasteiger charge is -2.14. The van der Waals surface area contributed by atoms with Gasteiger partial charge in [0.1, 0.15) is 5.82 Å². The SMILES string of the molecule is Cc1ccc(Cl)cc1NC(=O)[C@@H](C)OC(=O)/C=C/c1ccccc1F. The Morgan fingerprint density at radius 2 is 1.96 bits per heavy atom. The number of ether oxygens (including phenoxy) is 1. The first-order valence-corrected chi connectivity index (χ1v) is 7.95. The highest BCUT2D eigenvalue weighted by molar-refractivity contribution is 6.31. The number of benzene rings is 2. The summed E-state index contributed by atoms with van der Waals surface area (Å²) in [5, 5.41) is 3.14. The van der Waals surface area contributed by atoms with Crippen LogP contribution in [-0.4, -0.2) is 18.0 Å². The van der Waals surface area contributed by atoms with E-state index in [0.29, 0.717) is 10.7 Å². The average Bonchev–Trinajstić information content (AvgIpc) is 2.57.